The summed E-state index contributed by atoms with van der Waals surface area (Å²) in [6.45, 7) is 8.13. The molecule has 0 saturated carbocycles. The SMILES string of the molecule is CC1(C)CN2CCC2C1=O.O=C1CCCNCC1. The fourth-order valence-corrected chi connectivity index (χ4v) is 2.85. The van der Waals surface area contributed by atoms with Crippen molar-refractivity contribution in [1.29, 1.82) is 0 Å². The second-order valence-corrected chi connectivity index (χ2v) is 6.17. The summed E-state index contributed by atoms with van der Waals surface area (Å²) in [6.07, 6.45) is 3.65. The van der Waals surface area contributed by atoms with E-state index in [1.54, 1.807) is 0 Å². The number of fused-ring (bicyclic) bond motifs is 1. The molecule has 3 fully saturated rings. The van der Waals surface area contributed by atoms with Gasteiger partial charge in [-0.3, -0.25) is 14.5 Å². The maximum Gasteiger partial charge on any atom is 0.156 e. The van der Waals surface area contributed by atoms with Crippen LogP contribution in [0.15, 0.2) is 0 Å². The van der Waals surface area contributed by atoms with E-state index in [1.165, 1.54) is 0 Å². The molecular formula is C14H24N2O2. The van der Waals surface area contributed by atoms with Gasteiger partial charge in [0, 0.05) is 37.9 Å². The third kappa shape index (κ3) is 2.98. The van der Waals surface area contributed by atoms with Crippen LogP contribution in [0.25, 0.3) is 0 Å². The molecule has 4 nitrogen and oxygen atoms in total. The molecule has 3 saturated heterocycles. The molecule has 1 N–H and O–H groups in total. The van der Waals surface area contributed by atoms with Gasteiger partial charge in [0.1, 0.15) is 5.78 Å². The average molecular weight is 252 g/mol. The lowest BCUT2D eigenvalue weighted by Gasteiger charge is -2.32. The Morgan fingerprint density at radius 2 is 2.00 bits per heavy atom. The van der Waals surface area contributed by atoms with Crippen LogP contribution in [0, 0.1) is 5.41 Å². The smallest absolute Gasteiger partial charge is 0.156 e. The van der Waals surface area contributed by atoms with Crippen LogP contribution in [0.5, 0.6) is 0 Å². The number of nitrogens with zero attached hydrogens (tertiary/aromatic N) is 1. The molecule has 3 heterocycles. The van der Waals surface area contributed by atoms with Crippen molar-refractivity contribution in [3.8, 4) is 0 Å². The molecule has 0 aromatic rings. The Morgan fingerprint density at radius 3 is 2.50 bits per heavy atom. The van der Waals surface area contributed by atoms with Crippen molar-refractivity contribution in [3.63, 3.8) is 0 Å². The third-order valence-corrected chi connectivity index (χ3v) is 4.09. The lowest BCUT2D eigenvalue weighted by molar-refractivity contribution is -0.127. The highest BCUT2D eigenvalue weighted by molar-refractivity contribution is 5.92. The van der Waals surface area contributed by atoms with Crippen molar-refractivity contribution >= 4 is 11.6 Å². The predicted octanol–water partition coefficient (Wildman–Crippen LogP) is 0.999. The molecule has 0 bridgehead atoms. The van der Waals surface area contributed by atoms with Gasteiger partial charge in [0.05, 0.1) is 6.04 Å². The summed E-state index contributed by atoms with van der Waals surface area (Å²) in [5.74, 6) is 0.869. The molecular weight excluding hydrogens is 228 g/mol. The lowest BCUT2D eigenvalue weighted by atomic mass is 9.88. The fourth-order valence-electron chi connectivity index (χ4n) is 2.85. The Kier molecular flexibility index (Phi) is 4.17. The van der Waals surface area contributed by atoms with Gasteiger partial charge in [0.15, 0.2) is 5.78 Å². The lowest BCUT2D eigenvalue weighted by Crippen LogP contribution is -2.45. The molecule has 0 aliphatic carbocycles. The minimum absolute atomic E-state index is 0.0544. The molecule has 3 aliphatic rings. The first kappa shape index (κ1) is 13.7. The Labute approximate surface area is 109 Å². The Balaban J connectivity index is 0.000000138. The summed E-state index contributed by atoms with van der Waals surface area (Å²) in [7, 11) is 0. The zero-order valence-corrected chi connectivity index (χ0v) is 11.5. The van der Waals surface area contributed by atoms with Crippen molar-refractivity contribution in [2.45, 2.75) is 45.6 Å². The summed E-state index contributed by atoms with van der Waals surface area (Å²) in [5, 5.41) is 3.16. The van der Waals surface area contributed by atoms with Gasteiger partial charge in [-0.05, 0) is 19.4 Å². The van der Waals surface area contributed by atoms with Crippen LogP contribution in [-0.4, -0.2) is 48.7 Å². The number of hydrogen-bond donors (Lipinski definition) is 1. The van der Waals surface area contributed by atoms with Gasteiger partial charge in [0.2, 0.25) is 0 Å². The number of nitrogens with one attached hydrogen (secondary N) is 1. The maximum absolute atomic E-state index is 11.4. The molecule has 4 heteroatoms. The Hall–Kier alpha value is -0.740. The second kappa shape index (κ2) is 5.49. The number of hydrogen-bond acceptors (Lipinski definition) is 4. The van der Waals surface area contributed by atoms with Crippen LogP contribution >= 0.6 is 0 Å². The summed E-state index contributed by atoms with van der Waals surface area (Å²) in [4.78, 5) is 24.4. The first-order valence-corrected chi connectivity index (χ1v) is 7.01. The summed E-state index contributed by atoms with van der Waals surface area (Å²) >= 11 is 0. The number of rotatable bonds is 0. The zero-order valence-electron chi connectivity index (χ0n) is 11.5. The second-order valence-electron chi connectivity index (χ2n) is 6.17. The van der Waals surface area contributed by atoms with Crippen LogP contribution in [0.1, 0.15) is 39.5 Å². The van der Waals surface area contributed by atoms with Gasteiger partial charge < -0.3 is 5.32 Å². The van der Waals surface area contributed by atoms with Crippen molar-refractivity contribution in [2.24, 2.45) is 5.41 Å². The predicted molar refractivity (Wildman–Crippen MR) is 70.5 cm³/mol. The van der Waals surface area contributed by atoms with Crippen molar-refractivity contribution in [1.82, 2.24) is 10.2 Å². The van der Waals surface area contributed by atoms with Crippen LogP contribution in [-0.2, 0) is 9.59 Å². The Bertz CT molecular complexity index is 329. The van der Waals surface area contributed by atoms with Crippen LogP contribution in [0.3, 0.4) is 0 Å². The molecule has 3 rings (SSSR count). The quantitative estimate of drug-likeness (QED) is 0.699. The molecule has 1 unspecified atom stereocenters. The monoisotopic (exact) mass is 252 g/mol. The fraction of sp³-hybridized carbons (Fsp3) is 0.857. The van der Waals surface area contributed by atoms with Crippen LogP contribution in [0.2, 0.25) is 0 Å². The van der Waals surface area contributed by atoms with Crippen LogP contribution in [0.4, 0.5) is 0 Å². The minimum Gasteiger partial charge on any atom is -0.316 e. The molecule has 0 radical (unpaired) electrons. The van der Waals surface area contributed by atoms with Gasteiger partial charge in [0.25, 0.3) is 0 Å². The van der Waals surface area contributed by atoms with E-state index in [1.807, 2.05) is 13.8 Å². The highest BCUT2D eigenvalue weighted by Crippen LogP contribution is 2.36. The van der Waals surface area contributed by atoms with E-state index < -0.39 is 0 Å². The van der Waals surface area contributed by atoms with Gasteiger partial charge >= 0.3 is 0 Å². The van der Waals surface area contributed by atoms with E-state index in [0.717, 1.165) is 51.9 Å². The molecule has 0 amide bonds. The van der Waals surface area contributed by atoms with Crippen molar-refractivity contribution < 1.29 is 9.59 Å². The van der Waals surface area contributed by atoms with E-state index in [-0.39, 0.29) is 5.41 Å². The molecule has 0 aromatic heterocycles. The molecule has 3 aliphatic heterocycles. The number of carbonyl (C=O) groups excluding carboxylic acids is 2. The van der Waals surface area contributed by atoms with Gasteiger partial charge in [-0.1, -0.05) is 13.8 Å². The number of carbonyl (C=O) groups is 2. The van der Waals surface area contributed by atoms with E-state index >= 15 is 0 Å². The average Bonchev–Trinajstić information content (AvgIpc) is 2.51. The molecule has 18 heavy (non-hydrogen) atoms. The van der Waals surface area contributed by atoms with Crippen LogP contribution < -0.4 is 5.32 Å². The van der Waals surface area contributed by atoms with E-state index in [0.29, 0.717) is 17.6 Å². The number of ketones is 2. The highest BCUT2D eigenvalue weighted by atomic mass is 16.1. The number of Topliss-reactive ketones (excluding diaryl/α,β-unsaturated/α-hetero) is 2. The highest BCUT2D eigenvalue weighted by Gasteiger charge is 2.49. The van der Waals surface area contributed by atoms with E-state index in [2.05, 4.69) is 10.2 Å². The van der Waals surface area contributed by atoms with Gasteiger partial charge in [-0.2, -0.15) is 0 Å². The van der Waals surface area contributed by atoms with E-state index in [4.69, 9.17) is 0 Å². The standard InChI is InChI=1S/C8H13NO.C6H11NO/c1-8(2)5-9-4-3-6(9)7(8)10;8-6-2-1-4-7-5-3-6/h6H,3-5H2,1-2H3;7H,1-5H2. The van der Waals surface area contributed by atoms with Crippen molar-refractivity contribution in [2.75, 3.05) is 26.2 Å². The zero-order chi connectivity index (χ0) is 13.2. The molecule has 102 valence electrons. The molecule has 0 spiro atoms. The molecule has 1 atom stereocenters. The van der Waals surface area contributed by atoms with Gasteiger partial charge in [-0.15, -0.1) is 0 Å². The summed E-state index contributed by atoms with van der Waals surface area (Å²) < 4.78 is 0. The van der Waals surface area contributed by atoms with Crippen molar-refractivity contribution in [3.05, 3.63) is 0 Å². The topological polar surface area (TPSA) is 49.4 Å². The Morgan fingerprint density at radius 1 is 1.22 bits per heavy atom. The van der Waals surface area contributed by atoms with Gasteiger partial charge in [-0.25, -0.2) is 0 Å². The maximum atomic E-state index is 11.4. The van der Waals surface area contributed by atoms with E-state index in [9.17, 15) is 9.59 Å². The first-order chi connectivity index (χ1) is 8.50. The largest absolute Gasteiger partial charge is 0.316 e. The summed E-state index contributed by atoms with van der Waals surface area (Å²) in [6, 6.07) is 0.301. The normalized spacial score (nSPS) is 30.9. The first-order valence-electron chi connectivity index (χ1n) is 7.01. The summed E-state index contributed by atoms with van der Waals surface area (Å²) in [5.41, 5.74) is -0.0544. The minimum atomic E-state index is -0.0544. The molecule has 0 aromatic carbocycles. The third-order valence-electron chi connectivity index (χ3n) is 4.09.